The Morgan fingerprint density at radius 1 is 1.86 bits per heavy atom. The van der Waals surface area contributed by atoms with Crippen LogP contribution < -0.4 is 0 Å². The van der Waals surface area contributed by atoms with Gasteiger partial charge in [0.1, 0.15) is 0 Å². The Hall–Kier alpha value is 0.270. The maximum Gasteiger partial charge on any atom is 0.0900 e. The van der Waals surface area contributed by atoms with Gasteiger partial charge in [-0.2, -0.15) is 0 Å². The van der Waals surface area contributed by atoms with Crippen LogP contribution in [0.1, 0.15) is 0 Å². The Bertz CT molecular complexity index is 53.7. The molecular weight excluding hydrogens is 112 g/mol. The fraction of sp³-hybridized carbons (Fsp3) is 1.00. The fourth-order valence-electron chi connectivity index (χ4n) is 0.348. The van der Waals surface area contributed by atoms with E-state index in [2.05, 4.69) is 0 Å². The van der Waals surface area contributed by atoms with E-state index in [-0.39, 0.29) is 5.94 Å². The van der Waals surface area contributed by atoms with Crippen molar-refractivity contribution in [1.82, 2.24) is 0 Å². The normalized spacial score (nSPS) is 27.9. The maximum atomic E-state index is 8.25. The first-order valence-electron chi connectivity index (χ1n) is 2.23. The molecule has 0 radical (unpaired) electrons. The van der Waals surface area contributed by atoms with Gasteiger partial charge in [-0.3, -0.25) is 0 Å². The summed E-state index contributed by atoms with van der Waals surface area (Å²) in [5.74, 6) is 1.18. The van der Waals surface area contributed by atoms with Gasteiger partial charge in [0, 0.05) is 5.75 Å². The third-order valence-electron chi connectivity index (χ3n) is 0.797. The quantitative estimate of drug-likeness (QED) is 0.422. The highest BCUT2D eigenvalue weighted by Crippen LogP contribution is 2.14. The molecule has 1 heterocycles. The molecule has 1 atom stereocenters. The molecule has 1 N–H and O–H groups in total. The molecule has 0 amide bonds. The second-order valence-electron chi connectivity index (χ2n) is 1.46. The molecule has 0 aromatic heterocycles. The monoisotopic (exact) mass is 120 g/mol. The zero-order valence-corrected chi connectivity index (χ0v) is 4.78. The minimum absolute atomic E-state index is 0.222. The highest BCUT2D eigenvalue weighted by molar-refractivity contribution is 7.99. The van der Waals surface area contributed by atoms with Crippen molar-refractivity contribution in [1.29, 1.82) is 0 Å². The summed E-state index contributed by atoms with van der Waals surface area (Å²) in [6.07, 6.45) is 0.456. The Balaban J connectivity index is 1.80. The van der Waals surface area contributed by atoms with Crippen LogP contribution in [0.5, 0.6) is 0 Å². The number of aliphatic hydroxyl groups is 1. The van der Waals surface area contributed by atoms with Crippen LogP contribution in [-0.2, 0) is 4.74 Å². The van der Waals surface area contributed by atoms with E-state index in [1.807, 2.05) is 0 Å². The molecule has 1 unspecified atom stereocenters. The lowest BCUT2D eigenvalue weighted by Gasteiger charge is -1.86. The number of rotatable bonds is 3. The van der Waals surface area contributed by atoms with Crippen LogP contribution in [0.3, 0.4) is 0 Å². The fourth-order valence-corrected chi connectivity index (χ4v) is 0.909. The Morgan fingerprint density at radius 3 is 3.00 bits per heavy atom. The molecule has 1 aliphatic rings. The van der Waals surface area contributed by atoms with Gasteiger partial charge in [-0.15, -0.1) is 11.8 Å². The standard InChI is InChI=1S/C4H8O2S/c5-3-7-2-4-1-6-4/h4-5H,1-3H2. The Kier molecular flexibility index (Phi) is 1.97. The number of aliphatic hydroxyl groups excluding tert-OH is 1. The molecule has 1 saturated heterocycles. The molecule has 0 aromatic rings. The largest absolute Gasteiger partial charge is 0.386 e. The lowest BCUT2D eigenvalue weighted by Crippen LogP contribution is -1.88. The summed E-state index contributed by atoms with van der Waals surface area (Å²) in [7, 11) is 0. The van der Waals surface area contributed by atoms with Gasteiger partial charge in [-0.25, -0.2) is 0 Å². The van der Waals surface area contributed by atoms with Crippen LogP contribution in [0, 0.1) is 0 Å². The number of hydrogen-bond donors (Lipinski definition) is 1. The van der Waals surface area contributed by atoms with Gasteiger partial charge in [-0.05, 0) is 0 Å². The van der Waals surface area contributed by atoms with Crippen molar-refractivity contribution < 1.29 is 9.84 Å². The van der Waals surface area contributed by atoms with Gasteiger partial charge < -0.3 is 9.84 Å². The first-order valence-corrected chi connectivity index (χ1v) is 3.39. The molecule has 0 spiro atoms. The van der Waals surface area contributed by atoms with Crippen molar-refractivity contribution >= 4 is 11.8 Å². The van der Waals surface area contributed by atoms with E-state index >= 15 is 0 Å². The summed E-state index contributed by atoms with van der Waals surface area (Å²) < 4.78 is 4.88. The van der Waals surface area contributed by atoms with Gasteiger partial charge in [0.25, 0.3) is 0 Å². The highest BCUT2D eigenvalue weighted by Gasteiger charge is 2.21. The second kappa shape index (κ2) is 2.55. The van der Waals surface area contributed by atoms with Crippen LogP contribution >= 0.6 is 11.8 Å². The molecule has 0 bridgehead atoms. The summed E-state index contributed by atoms with van der Waals surface area (Å²) in [6.45, 7) is 0.896. The van der Waals surface area contributed by atoms with Crippen molar-refractivity contribution in [3.63, 3.8) is 0 Å². The summed E-state index contributed by atoms with van der Waals surface area (Å²) in [4.78, 5) is 0. The van der Waals surface area contributed by atoms with E-state index in [9.17, 15) is 0 Å². The van der Waals surface area contributed by atoms with Crippen LogP contribution in [-0.4, -0.2) is 29.5 Å². The first-order chi connectivity index (χ1) is 3.43. The zero-order chi connectivity index (χ0) is 5.11. The minimum atomic E-state index is 0.222. The molecule has 1 rings (SSSR count). The van der Waals surface area contributed by atoms with Gasteiger partial charge in [0.15, 0.2) is 0 Å². The van der Waals surface area contributed by atoms with Crippen molar-refractivity contribution in [2.75, 3.05) is 18.3 Å². The molecule has 1 fully saturated rings. The Labute approximate surface area is 46.9 Å². The topological polar surface area (TPSA) is 32.8 Å². The first kappa shape index (κ1) is 5.41. The van der Waals surface area contributed by atoms with E-state index in [0.29, 0.717) is 6.10 Å². The van der Waals surface area contributed by atoms with Gasteiger partial charge in [-0.1, -0.05) is 0 Å². The van der Waals surface area contributed by atoms with Gasteiger partial charge >= 0.3 is 0 Å². The van der Waals surface area contributed by atoms with E-state index in [1.165, 1.54) is 11.8 Å². The van der Waals surface area contributed by atoms with Crippen LogP contribution in [0.25, 0.3) is 0 Å². The molecule has 0 aromatic carbocycles. The average Bonchev–Trinajstić information content (AvgIpc) is 2.42. The van der Waals surface area contributed by atoms with Crippen molar-refractivity contribution in [2.24, 2.45) is 0 Å². The molecule has 7 heavy (non-hydrogen) atoms. The smallest absolute Gasteiger partial charge is 0.0900 e. The van der Waals surface area contributed by atoms with E-state index in [0.717, 1.165) is 12.4 Å². The van der Waals surface area contributed by atoms with E-state index in [4.69, 9.17) is 9.84 Å². The van der Waals surface area contributed by atoms with Crippen LogP contribution in [0.2, 0.25) is 0 Å². The van der Waals surface area contributed by atoms with Crippen molar-refractivity contribution in [3.05, 3.63) is 0 Å². The zero-order valence-electron chi connectivity index (χ0n) is 3.96. The molecule has 3 heteroatoms. The third-order valence-corrected chi connectivity index (χ3v) is 1.59. The second-order valence-corrected chi connectivity index (χ2v) is 2.46. The number of thioether (sulfide) groups is 1. The van der Waals surface area contributed by atoms with Crippen LogP contribution in [0.4, 0.5) is 0 Å². The predicted octanol–water partition coefficient (Wildman–Crippen LogP) is 0.0682. The summed E-state index contributed by atoms with van der Waals surface area (Å²) in [5, 5.41) is 8.25. The van der Waals surface area contributed by atoms with Crippen molar-refractivity contribution in [2.45, 2.75) is 6.10 Å². The maximum absolute atomic E-state index is 8.25. The highest BCUT2D eigenvalue weighted by atomic mass is 32.2. The van der Waals surface area contributed by atoms with Gasteiger partial charge in [0.2, 0.25) is 0 Å². The minimum Gasteiger partial charge on any atom is -0.386 e. The molecule has 0 saturated carbocycles. The van der Waals surface area contributed by atoms with Gasteiger partial charge in [0.05, 0.1) is 18.6 Å². The van der Waals surface area contributed by atoms with E-state index < -0.39 is 0 Å². The lowest BCUT2D eigenvalue weighted by molar-refractivity contribution is 0.374. The van der Waals surface area contributed by atoms with Crippen LogP contribution in [0.15, 0.2) is 0 Å². The predicted molar refractivity (Wildman–Crippen MR) is 29.3 cm³/mol. The third kappa shape index (κ3) is 2.16. The summed E-state index contributed by atoms with van der Waals surface area (Å²) >= 11 is 1.51. The summed E-state index contributed by atoms with van der Waals surface area (Å²) in [6, 6.07) is 0. The molecule has 42 valence electrons. The SMILES string of the molecule is OCSCC1CO1. The number of hydrogen-bond acceptors (Lipinski definition) is 3. The molecular formula is C4H8O2S. The van der Waals surface area contributed by atoms with E-state index in [1.54, 1.807) is 0 Å². The Morgan fingerprint density at radius 2 is 2.57 bits per heavy atom. The molecule has 1 aliphatic heterocycles. The van der Waals surface area contributed by atoms with Crippen molar-refractivity contribution in [3.8, 4) is 0 Å². The lowest BCUT2D eigenvalue weighted by atomic mass is 10.6. The number of ether oxygens (including phenoxy) is 1. The number of epoxide rings is 1. The summed E-state index contributed by atoms with van der Waals surface area (Å²) in [5.41, 5.74) is 0. The molecule has 2 nitrogen and oxygen atoms in total. The molecule has 0 aliphatic carbocycles. The average molecular weight is 120 g/mol.